The maximum atomic E-state index is 9.16. The van der Waals surface area contributed by atoms with Gasteiger partial charge in [0.15, 0.2) is 0 Å². The summed E-state index contributed by atoms with van der Waals surface area (Å²) < 4.78 is 0. The standard InChI is InChI=1S/C17H24N2/c1-3-4-14-6-9-16(10-7-14)19-17-11-13(2)5-8-15(17)12-18/h5,8,11,14,16,19H,3-4,6-7,9-10H2,1-2H3. The van der Waals surface area contributed by atoms with Crippen molar-refractivity contribution in [3.63, 3.8) is 0 Å². The van der Waals surface area contributed by atoms with Gasteiger partial charge in [-0.15, -0.1) is 0 Å². The van der Waals surface area contributed by atoms with Gasteiger partial charge in [-0.1, -0.05) is 25.8 Å². The first kappa shape index (κ1) is 13.9. The number of rotatable bonds is 4. The van der Waals surface area contributed by atoms with Crippen molar-refractivity contribution in [3.8, 4) is 6.07 Å². The average molecular weight is 256 g/mol. The van der Waals surface area contributed by atoms with Gasteiger partial charge in [0.05, 0.1) is 11.3 Å². The van der Waals surface area contributed by atoms with Gasteiger partial charge in [0.25, 0.3) is 0 Å². The Labute approximate surface area is 116 Å². The van der Waals surface area contributed by atoms with Gasteiger partial charge in [-0.3, -0.25) is 0 Å². The molecule has 0 saturated heterocycles. The molecular weight excluding hydrogens is 232 g/mol. The van der Waals surface area contributed by atoms with E-state index in [1.165, 1.54) is 44.1 Å². The Morgan fingerprint density at radius 3 is 2.63 bits per heavy atom. The summed E-state index contributed by atoms with van der Waals surface area (Å²) in [6.07, 6.45) is 7.82. The molecule has 102 valence electrons. The van der Waals surface area contributed by atoms with Crippen LogP contribution in [-0.2, 0) is 0 Å². The maximum absolute atomic E-state index is 9.16. The molecule has 0 spiro atoms. The zero-order valence-corrected chi connectivity index (χ0v) is 12.1. The second kappa shape index (κ2) is 6.61. The summed E-state index contributed by atoms with van der Waals surface area (Å²) in [7, 11) is 0. The van der Waals surface area contributed by atoms with Crippen LogP contribution < -0.4 is 5.32 Å². The van der Waals surface area contributed by atoms with Crippen LogP contribution in [0.3, 0.4) is 0 Å². The Balaban J connectivity index is 1.96. The molecule has 1 saturated carbocycles. The van der Waals surface area contributed by atoms with Crippen LogP contribution >= 0.6 is 0 Å². The van der Waals surface area contributed by atoms with E-state index in [1.54, 1.807) is 0 Å². The summed E-state index contributed by atoms with van der Waals surface area (Å²) in [6, 6.07) is 8.84. The quantitative estimate of drug-likeness (QED) is 0.852. The second-order valence-corrected chi connectivity index (χ2v) is 5.81. The molecule has 1 aliphatic carbocycles. The highest BCUT2D eigenvalue weighted by molar-refractivity contribution is 5.59. The van der Waals surface area contributed by atoms with Crippen LogP contribution in [0.4, 0.5) is 5.69 Å². The van der Waals surface area contributed by atoms with E-state index in [-0.39, 0.29) is 0 Å². The normalized spacial score (nSPS) is 22.8. The molecule has 0 amide bonds. The zero-order valence-electron chi connectivity index (χ0n) is 12.1. The lowest BCUT2D eigenvalue weighted by Crippen LogP contribution is -2.26. The van der Waals surface area contributed by atoms with Gasteiger partial charge in [-0.05, 0) is 56.2 Å². The van der Waals surface area contributed by atoms with Crippen molar-refractivity contribution >= 4 is 5.69 Å². The SMILES string of the molecule is CCCC1CCC(Nc2cc(C)ccc2C#N)CC1. The van der Waals surface area contributed by atoms with Crippen molar-refractivity contribution in [2.45, 2.75) is 58.4 Å². The second-order valence-electron chi connectivity index (χ2n) is 5.81. The Morgan fingerprint density at radius 2 is 2.00 bits per heavy atom. The monoisotopic (exact) mass is 256 g/mol. The lowest BCUT2D eigenvalue weighted by atomic mass is 9.83. The van der Waals surface area contributed by atoms with Crippen molar-refractivity contribution in [2.75, 3.05) is 5.32 Å². The Bertz CT molecular complexity index is 451. The zero-order chi connectivity index (χ0) is 13.7. The fourth-order valence-corrected chi connectivity index (χ4v) is 3.10. The molecule has 2 rings (SSSR count). The largest absolute Gasteiger partial charge is 0.381 e. The number of nitriles is 1. The van der Waals surface area contributed by atoms with Gasteiger partial charge in [0.2, 0.25) is 0 Å². The van der Waals surface area contributed by atoms with Crippen LogP contribution in [0.5, 0.6) is 0 Å². The van der Waals surface area contributed by atoms with Gasteiger partial charge < -0.3 is 5.32 Å². The lowest BCUT2D eigenvalue weighted by molar-refractivity contribution is 0.319. The molecule has 1 aromatic carbocycles. The summed E-state index contributed by atoms with van der Waals surface area (Å²) in [5.41, 5.74) is 2.99. The van der Waals surface area contributed by atoms with Crippen LogP contribution in [-0.4, -0.2) is 6.04 Å². The van der Waals surface area contributed by atoms with E-state index in [0.717, 1.165) is 17.2 Å². The smallest absolute Gasteiger partial charge is 0.101 e. The number of nitrogens with zero attached hydrogens (tertiary/aromatic N) is 1. The highest BCUT2D eigenvalue weighted by Gasteiger charge is 2.20. The van der Waals surface area contributed by atoms with E-state index in [0.29, 0.717) is 6.04 Å². The van der Waals surface area contributed by atoms with Crippen LogP contribution in [0.25, 0.3) is 0 Å². The van der Waals surface area contributed by atoms with Crippen LogP contribution in [0.1, 0.15) is 56.6 Å². The lowest BCUT2D eigenvalue weighted by Gasteiger charge is -2.30. The number of benzene rings is 1. The van der Waals surface area contributed by atoms with E-state index in [2.05, 4.69) is 31.3 Å². The number of anilines is 1. The van der Waals surface area contributed by atoms with Crippen LogP contribution in [0.15, 0.2) is 18.2 Å². The molecule has 1 N–H and O–H groups in total. The minimum Gasteiger partial charge on any atom is -0.381 e. The molecule has 1 aromatic rings. The topological polar surface area (TPSA) is 35.8 Å². The summed E-state index contributed by atoms with van der Waals surface area (Å²) in [6.45, 7) is 4.35. The van der Waals surface area contributed by atoms with Gasteiger partial charge in [-0.2, -0.15) is 5.26 Å². The number of hydrogen-bond donors (Lipinski definition) is 1. The van der Waals surface area contributed by atoms with E-state index >= 15 is 0 Å². The molecule has 0 atom stereocenters. The first-order valence-corrected chi connectivity index (χ1v) is 7.50. The molecule has 0 radical (unpaired) electrons. The first-order chi connectivity index (χ1) is 9.22. The number of nitrogens with one attached hydrogen (secondary N) is 1. The first-order valence-electron chi connectivity index (χ1n) is 7.50. The highest BCUT2D eigenvalue weighted by Crippen LogP contribution is 2.30. The van der Waals surface area contributed by atoms with Crippen molar-refractivity contribution in [1.82, 2.24) is 0 Å². The van der Waals surface area contributed by atoms with Gasteiger partial charge in [0, 0.05) is 6.04 Å². The predicted molar refractivity (Wildman–Crippen MR) is 80.2 cm³/mol. The molecule has 1 fully saturated rings. The third kappa shape index (κ3) is 3.73. The van der Waals surface area contributed by atoms with Crippen molar-refractivity contribution in [3.05, 3.63) is 29.3 Å². The summed E-state index contributed by atoms with van der Waals surface area (Å²) in [5.74, 6) is 0.927. The predicted octanol–water partition coefficient (Wildman–Crippen LogP) is 4.64. The molecule has 19 heavy (non-hydrogen) atoms. The molecular formula is C17H24N2. The molecule has 2 nitrogen and oxygen atoms in total. The molecule has 1 aliphatic rings. The molecule has 0 unspecified atom stereocenters. The van der Waals surface area contributed by atoms with Crippen LogP contribution in [0, 0.1) is 24.2 Å². The molecule has 0 aliphatic heterocycles. The van der Waals surface area contributed by atoms with Crippen molar-refractivity contribution in [1.29, 1.82) is 5.26 Å². The molecule has 2 heteroatoms. The number of aryl methyl sites for hydroxylation is 1. The fourth-order valence-electron chi connectivity index (χ4n) is 3.10. The average Bonchev–Trinajstić information content (AvgIpc) is 2.42. The third-order valence-corrected chi connectivity index (χ3v) is 4.20. The molecule has 0 heterocycles. The summed E-state index contributed by atoms with van der Waals surface area (Å²) >= 11 is 0. The molecule has 0 aromatic heterocycles. The Kier molecular flexibility index (Phi) is 4.85. The van der Waals surface area contributed by atoms with Gasteiger partial charge in [-0.25, -0.2) is 0 Å². The Morgan fingerprint density at radius 1 is 1.26 bits per heavy atom. The fraction of sp³-hybridized carbons (Fsp3) is 0.588. The molecule has 0 bridgehead atoms. The van der Waals surface area contributed by atoms with E-state index < -0.39 is 0 Å². The van der Waals surface area contributed by atoms with Crippen molar-refractivity contribution in [2.24, 2.45) is 5.92 Å². The minimum absolute atomic E-state index is 0.544. The number of hydrogen-bond acceptors (Lipinski definition) is 2. The van der Waals surface area contributed by atoms with Crippen molar-refractivity contribution < 1.29 is 0 Å². The van der Waals surface area contributed by atoms with E-state index in [4.69, 9.17) is 5.26 Å². The third-order valence-electron chi connectivity index (χ3n) is 4.20. The summed E-state index contributed by atoms with van der Waals surface area (Å²) in [5, 5.41) is 12.7. The Hall–Kier alpha value is -1.49. The van der Waals surface area contributed by atoms with Gasteiger partial charge in [0.1, 0.15) is 6.07 Å². The van der Waals surface area contributed by atoms with E-state index in [9.17, 15) is 0 Å². The summed E-state index contributed by atoms with van der Waals surface area (Å²) in [4.78, 5) is 0. The van der Waals surface area contributed by atoms with E-state index in [1.807, 2.05) is 12.1 Å². The minimum atomic E-state index is 0.544. The maximum Gasteiger partial charge on any atom is 0.101 e. The van der Waals surface area contributed by atoms with Gasteiger partial charge >= 0.3 is 0 Å². The van der Waals surface area contributed by atoms with Crippen LogP contribution in [0.2, 0.25) is 0 Å². The highest BCUT2D eigenvalue weighted by atomic mass is 14.9.